The van der Waals surface area contributed by atoms with E-state index in [1.807, 2.05) is 6.26 Å². The number of hydrogen-bond acceptors (Lipinski definition) is 5. The van der Waals surface area contributed by atoms with Crippen molar-refractivity contribution in [2.45, 2.75) is 17.4 Å². The van der Waals surface area contributed by atoms with Gasteiger partial charge in [0.05, 0.1) is 5.02 Å². The van der Waals surface area contributed by atoms with Crippen LogP contribution in [0.3, 0.4) is 0 Å². The molecular weight excluding hydrogens is 419 g/mol. The standard InChI is InChI=1S/C15H18Cl2N4O3S2/c1-21-7-5-14(19-21)18-15(22)12(6-8-25-2)20-26(23,24)13-9-10(16)3-4-11(13)17/h3-5,7,9,12,20H,6,8H2,1-2H3,(H,18,19,22). The molecule has 142 valence electrons. The van der Waals surface area contributed by atoms with Crippen LogP contribution < -0.4 is 10.0 Å². The lowest BCUT2D eigenvalue weighted by Crippen LogP contribution is -2.44. The number of amides is 1. The van der Waals surface area contributed by atoms with Crippen LogP contribution in [0.5, 0.6) is 0 Å². The fourth-order valence-corrected chi connectivity index (χ4v) is 4.57. The third kappa shape index (κ3) is 5.62. The molecule has 0 radical (unpaired) electrons. The molecule has 1 aromatic carbocycles. The molecular formula is C15H18Cl2N4O3S2. The number of carbonyl (C=O) groups is 1. The van der Waals surface area contributed by atoms with E-state index in [0.717, 1.165) is 0 Å². The molecule has 0 bridgehead atoms. The maximum atomic E-state index is 12.7. The number of nitrogens with zero attached hydrogens (tertiary/aromatic N) is 2. The summed E-state index contributed by atoms with van der Waals surface area (Å²) in [5.74, 6) is 0.428. The molecule has 2 rings (SSSR count). The zero-order chi connectivity index (χ0) is 19.3. The smallest absolute Gasteiger partial charge is 0.243 e. The number of thioether (sulfide) groups is 1. The molecule has 1 unspecified atom stereocenters. The number of hydrogen-bond donors (Lipinski definition) is 2. The lowest BCUT2D eigenvalue weighted by Gasteiger charge is -2.18. The van der Waals surface area contributed by atoms with E-state index in [2.05, 4.69) is 15.1 Å². The highest BCUT2D eigenvalue weighted by Gasteiger charge is 2.27. The Labute approximate surface area is 166 Å². The first-order valence-corrected chi connectivity index (χ1v) is 11.1. The van der Waals surface area contributed by atoms with Gasteiger partial charge in [-0.05, 0) is 36.6 Å². The number of nitrogens with one attached hydrogen (secondary N) is 2. The van der Waals surface area contributed by atoms with E-state index in [-0.39, 0.29) is 14.9 Å². The van der Waals surface area contributed by atoms with Crippen molar-refractivity contribution in [1.29, 1.82) is 0 Å². The van der Waals surface area contributed by atoms with Gasteiger partial charge in [0, 0.05) is 24.3 Å². The average molecular weight is 437 g/mol. The summed E-state index contributed by atoms with van der Waals surface area (Å²) >= 11 is 13.4. The molecule has 1 heterocycles. The molecule has 0 aliphatic rings. The van der Waals surface area contributed by atoms with Gasteiger partial charge < -0.3 is 5.32 Å². The second-order valence-corrected chi connectivity index (χ2v) is 8.91. The second-order valence-electron chi connectivity index (χ2n) is 5.39. The van der Waals surface area contributed by atoms with Crippen LogP contribution >= 0.6 is 35.0 Å². The summed E-state index contributed by atoms with van der Waals surface area (Å²) < 4.78 is 29.3. The molecule has 1 atom stereocenters. The minimum atomic E-state index is -4.04. The average Bonchev–Trinajstić information content (AvgIpc) is 2.98. The zero-order valence-corrected chi connectivity index (χ0v) is 17.2. The number of aryl methyl sites for hydroxylation is 1. The van der Waals surface area contributed by atoms with E-state index in [1.165, 1.54) is 34.6 Å². The van der Waals surface area contributed by atoms with E-state index in [1.54, 1.807) is 19.3 Å². The van der Waals surface area contributed by atoms with Crippen LogP contribution in [0.15, 0.2) is 35.4 Å². The van der Waals surface area contributed by atoms with Crippen molar-refractivity contribution >= 4 is 56.7 Å². The molecule has 1 aromatic heterocycles. The van der Waals surface area contributed by atoms with Crippen LogP contribution in [0.2, 0.25) is 10.0 Å². The first-order chi connectivity index (χ1) is 12.2. The monoisotopic (exact) mass is 436 g/mol. The van der Waals surface area contributed by atoms with Crippen molar-refractivity contribution in [2.24, 2.45) is 7.05 Å². The Kier molecular flexibility index (Phi) is 7.36. The molecule has 0 aliphatic heterocycles. The van der Waals surface area contributed by atoms with Crippen molar-refractivity contribution in [1.82, 2.24) is 14.5 Å². The topological polar surface area (TPSA) is 93.1 Å². The second kappa shape index (κ2) is 9.09. The first kappa shape index (κ1) is 21.0. The first-order valence-electron chi connectivity index (χ1n) is 7.50. The van der Waals surface area contributed by atoms with Gasteiger partial charge in [-0.25, -0.2) is 8.42 Å². The van der Waals surface area contributed by atoms with Crippen LogP contribution in [0, 0.1) is 0 Å². The van der Waals surface area contributed by atoms with Crippen molar-refractivity contribution < 1.29 is 13.2 Å². The summed E-state index contributed by atoms with van der Waals surface area (Å²) in [7, 11) is -2.32. The van der Waals surface area contributed by atoms with Crippen LogP contribution in [-0.2, 0) is 21.9 Å². The SMILES string of the molecule is CSCCC(NS(=O)(=O)c1cc(Cl)ccc1Cl)C(=O)Nc1ccn(C)n1. The Hall–Kier alpha value is -1.26. The van der Waals surface area contributed by atoms with Gasteiger partial charge in [0.15, 0.2) is 5.82 Å². The number of aromatic nitrogens is 2. The predicted octanol–water partition coefficient (Wildman–Crippen LogP) is 2.77. The lowest BCUT2D eigenvalue weighted by molar-refractivity contribution is -0.117. The molecule has 0 spiro atoms. The maximum Gasteiger partial charge on any atom is 0.243 e. The number of sulfonamides is 1. The fourth-order valence-electron chi connectivity index (χ4n) is 2.11. The quantitative estimate of drug-likeness (QED) is 0.663. The Bertz CT molecular complexity index is 887. The molecule has 1 amide bonds. The minimum absolute atomic E-state index is 0.0238. The molecule has 11 heteroatoms. The summed E-state index contributed by atoms with van der Waals surface area (Å²) in [5, 5.41) is 6.92. The van der Waals surface area contributed by atoms with Gasteiger partial charge in [-0.2, -0.15) is 21.6 Å². The largest absolute Gasteiger partial charge is 0.308 e. The van der Waals surface area contributed by atoms with Crippen molar-refractivity contribution in [3.05, 3.63) is 40.5 Å². The number of halogens is 2. The summed E-state index contributed by atoms with van der Waals surface area (Å²) in [6.45, 7) is 0. The molecule has 2 aromatic rings. The van der Waals surface area contributed by atoms with Gasteiger partial charge in [0.2, 0.25) is 15.9 Å². The minimum Gasteiger partial charge on any atom is -0.308 e. The number of rotatable bonds is 8. The number of carbonyl (C=O) groups excluding carboxylic acids is 1. The molecule has 0 aliphatic carbocycles. The van der Waals surface area contributed by atoms with Gasteiger partial charge in [-0.1, -0.05) is 23.2 Å². The number of benzene rings is 1. The molecule has 0 saturated carbocycles. The van der Waals surface area contributed by atoms with Gasteiger partial charge in [-0.3, -0.25) is 9.48 Å². The van der Waals surface area contributed by atoms with E-state index < -0.39 is 22.0 Å². The predicted molar refractivity (Wildman–Crippen MR) is 105 cm³/mol. The highest BCUT2D eigenvalue weighted by molar-refractivity contribution is 7.98. The van der Waals surface area contributed by atoms with Crippen LogP contribution in [0.25, 0.3) is 0 Å². The van der Waals surface area contributed by atoms with E-state index in [4.69, 9.17) is 23.2 Å². The molecule has 2 N–H and O–H groups in total. The molecule has 26 heavy (non-hydrogen) atoms. The Morgan fingerprint density at radius 2 is 2.08 bits per heavy atom. The molecule has 0 saturated heterocycles. The fraction of sp³-hybridized carbons (Fsp3) is 0.333. The highest BCUT2D eigenvalue weighted by atomic mass is 35.5. The van der Waals surface area contributed by atoms with Crippen LogP contribution in [0.1, 0.15) is 6.42 Å². The van der Waals surface area contributed by atoms with Gasteiger partial charge in [0.25, 0.3) is 0 Å². The van der Waals surface area contributed by atoms with Crippen molar-refractivity contribution in [3.8, 4) is 0 Å². The molecule has 7 nitrogen and oxygen atoms in total. The third-order valence-electron chi connectivity index (χ3n) is 3.37. The van der Waals surface area contributed by atoms with Gasteiger partial charge >= 0.3 is 0 Å². The van der Waals surface area contributed by atoms with Gasteiger partial charge in [-0.15, -0.1) is 0 Å². The van der Waals surface area contributed by atoms with Crippen LogP contribution in [0.4, 0.5) is 5.82 Å². The lowest BCUT2D eigenvalue weighted by atomic mass is 10.2. The summed E-state index contributed by atoms with van der Waals surface area (Å²) in [6.07, 6.45) is 3.84. The highest BCUT2D eigenvalue weighted by Crippen LogP contribution is 2.25. The van der Waals surface area contributed by atoms with E-state index >= 15 is 0 Å². The van der Waals surface area contributed by atoms with Crippen molar-refractivity contribution in [2.75, 3.05) is 17.3 Å². The van der Waals surface area contributed by atoms with Crippen molar-refractivity contribution in [3.63, 3.8) is 0 Å². The van der Waals surface area contributed by atoms with E-state index in [9.17, 15) is 13.2 Å². The molecule has 0 fully saturated rings. The Morgan fingerprint density at radius 3 is 2.69 bits per heavy atom. The van der Waals surface area contributed by atoms with Gasteiger partial charge in [0.1, 0.15) is 10.9 Å². The third-order valence-corrected chi connectivity index (χ3v) is 6.20. The normalized spacial score (nSPS) is 12.8. The summed E-state index contributed by atoms with van der Waals surface area (Å²) in [5.41, 5.74) is 0. The van der Waals surface area contributed by atoms with Crippen LogP contribution in [-0.4, -0.2) is 42.2 Å². The Morgan fingerprint density at radius 1 is 1.35 bits per heavy atom. The summed E-state index contributed by atoms with van der Waals surface area (Å²) in [6, 6.07) is 4.76. The maximum absolute atomic E-state index is 12.7. The zero-order valence-electron chi connectivity index (χ0n) is 14.1. The Balaban J connectivity index is 2.22. The number of anilines is 1. The van der Waals surface area contributed by atoms with E-state index in [0.29, 0.717) is 18.0 Å². The summed E-state index contributed by atoms with van der Waals surface area (Å²) in [4.78, 5) is 12.4.